The Labute approximate surface area is 125 Å². The number of unbranched alkanes of at least 4 members (excludes halogenated alkanes) is 3. The summed E-state index contributed by atoms with van der Waals surface area (Å²) in [5.74, 6) is 0.824. The second-order valence-corrected chi connectivity index (χ2v) is 5.99. The molecule has 1 aliphatic heterocycles. The van der Waals surface area contributed by atoms with Crippen LogP contribution in [0.15, 0.2) is 35.3 Å². The van der Waals surface area contributed by atoms with Gasteiger partial charge in [-0.2, -0.15) is 0 Å². The van der Waals surface area contributed by atoms with Crippen molar-refractivity contribution < 1.29 is 4.79 Å². The number of aliphatic imine (C=N–C) groups is 1. The molecule has 2 rings (SSSR count). The van der Waals surface area contributed by atoms with Crippen molar-refractivity contribution in [2.24, 2.45) is 4.99 Å². The summed E-state index contributed by atoms with van der Waals surface area (Å²) < 4.78 is 0. The van der Waals surface area contributed by atoms with Gasteiger partial charge in [-0.1, -0.05) is 56.5 Å². The van der Waals surface area contributed by atoms with Crippen LogP contribution >= 0.6 is 11.8 Å². The summed E-state index contributed by atoms with van der Waals surface area (Å²) in [6.07, 6.45) is 4.72. The molecule has 0 bridgehead atoms. The van der Waals surface area contributed by atoms with Crippen LogP contribution in [0.5, 0.6) is 0 Å². The first-order valence-electron chi connectivity index (χ1n) is 7.35. The van der Waals surface area contributed by atoms with Crippen LogP contribution in [0.3, 0.4) is 0 Å². The Morgan fingerprint density at radius 3 is 2.85 bits per heavy atom. The molecular weight excluding hydrogens is 268 g/mol. The van der Waals surface area contributed by atoms with Gasteiger partial charge in [-0.15, -0.1) is 11.8 Å². The molecule has 3 nitrogen and oxygen atoms in total. The molecule has 1 aromatic rings. The zero-order valence-corrected chi connectivity index (χ0v) is 12.8. The van der Waals surface area contributed by atoms with Crippen LogP contribution in [0, 0.1) is 0 Å². The number of thioether (sulfide) groups is 1. The number of hydrogen-bond donors (Lipinski definition) is 1. The Morgan fingerprint density at radius 1 is 1.30 bits per heavy atom. The molecule has 108 valence electrons. The van der Waals surface area contributed by atoms with Crippen molar-refractivity contribution in [3.8, 4) is 0 Å². The number of nitrogens with zero attached hydrogens (tertiary/aromatic N) is 1. The summed E-state index contributed by atoms with van der Waals surface area (Å²) in [6.45, 7) is 2.96. The predicted molar refractivity (Wildman–Crippen MR) is 86.4 cm³/mol. The summed E-state index contributed by atoms with van der Waals surface area (Å²) in [4.78, 5) is 16.6. The van der Waals surface area contributed by atoms with E-state index in [0.29, 0.717) is 0 Å². The Bertz CT molecular complexity index is 459. The highest BCUT2D eigenvalue weighted by Crippen LogP contribution is 2.23. The molecule has 0 aliphatic carbocycles. The second-order valence-electron chi connectivity index (χ2n) is 4.98. The summed E-state index contributed by atoms with van der Waals surface area (Å²) >= 11 is 1.67. The molecule has 4 heteroatoms. The van der Waals surface area contributed by atoms with Gasteiger partial charge in [-0.25, -0.2) is 0 Å². The third kappa shape index (κ3) is 4.37. The third-order valence-corrected chi connectivity index (χ3v) is 4.40. The molecule has 0 radical (unpaired) electrons. The predicted octanol–water partition coefficient (Wildman–Crippen LogP) is 3.25. The highest BCUT2D eigenvalue weighted by atomic mass is 32.2. The van der Waals surface area contributed by atoms with Gasteiger partial charge in [0.2, 0.25) is 5.91 Å². The molecule has 1 N–H and O–H groups in total. The summed E-state index contributed by atoms with van der Waals surface area (Å²) in [7, 11) is 0. The van der Waals surface area contributed by atoms with Crippen molar-refractivity contribution in [2.45, 2.75) is 38.6 Å². The Kier molecular flexibility index (Phi) is 6.12. The molecule has 0 aromatic heterocycles. The van der Waals surface area contributed by atoms with E-state index < -0.39 is 0 Å². The first-order valence-corrected chi connectivity index (χ1v) is 8.33. The zero-order chi connectivity index (χ0) is 14.2. The molecule has 1 amide bonds. The van der Waals surface area contributed by atoms with Crippen molar-refractivity contribution in [1.82, 2.24) is 5.32 Å². The van der Waals surface area contributed by atoms with Gasteiger partial charge in [0, 0.05) is 17.9 Å². The van der Waals surface area contributed by atoms with Gasteiger partial charge in [-0.05, 0) is 6.42 Å². The fourth-order valence-corrected chi connectivity index (χ4v) is 3.17. The summed E-state index contributed by atoms with van der Waals surface area (Å²) in [5.41, 5.74) is 1.11. The minimum Gasteiger partial charge on any atom is -0.354 e. The molecule has 1 heterocycles. The molecule has 0 fully saturated rings. The van der Waals surface area contributed by atoms with Crippen molar-refractivity contribution in [3.63, 3.8) is 0 Å². The smallest absolute Gasteiger partial charge is 0.245 e. The Hall–Kier alpha value is -1.29. The third-order valence-electron chi connectivity index (χ3n) is 3.30. The molecule has 1 aromatic carbocycles. The molecular formula is C16H22N2OS. The first-order chi connectivity index (χ1) is 9.81. The molecule has 0 spiro atoms. The van der Waals surface area contributed by atoms with E-state index in [9.17, 15) is 4.79 Å². The lowest BCUT2D eigenvalue weighted by molar-refractivity contribution is -0.121. The standard InChI is InChI=1S/C16H22N2OS/c1-2-3-4-8-11-17-15(19)14-12-20-16(18-14)13-9-6-5-7-10-13/h5-7,9-10,14H,2-4,8,11-12H2,1H3,(H,17,19)/t14-/m0/s1. The first kappa shape index (κ1) is 15.1. The number of benzene rings is 1. The average Bonchev–Trinajstić information content (AvgIpc) is 2.98. The molecule has 1 aliphatic rings. The lowest BCUT2D eigenvalue weighted by Crippen LogP contribution is -2.34. The van der Waals surface area contributed by atoms with Gasteiger partial charge < -0.3 is 5.32 Å². The van der Waals surface area contributed by atoms with Gasteiger partial charge >= 0.3 is 0 Å². The molecule has 1 atom stereocenters. The maximum absolute atomic E-state index is 12.0. The highest BCUT2D eigenvalue weighted by Gasteiger charge is 2.25. The fraction of sp³-hybridized carbons (Fsp3) is 0.500. The number of amides is 1. The van der Waals surface area contributed by atoms with E-state index in [1.165, 1.54) is 19.3 Å². The van der Waals surface area contributed by atoms with Gasteiger partial charge in [0.25, 0.3) is 0 Å². The van der Waals surface area contributed by atoms with Crippen LogP contribution < -0.4 is 5.32 Å². The Balaban J connectivity index is 1.79. The number of hydrogen-bond acceptors (Lipinski definition) is 3. The van der Waals surface area contributed by atoms with Gasteiger partial charge in [0.1, 0.15) is 6.04 Å². The van der Waals surface area contributed by atoms with Gasteiger partial charge in [0.05, 0.1) is 5.04 Å². The van der Waals surface area contributed by atoms with E-state index in [2.05, 4.69) is 17.2 Å². The quantitative estimate of drug-likeness (QED) is 0.783. The SMILES string of the molecule is CCCCCCNC(=O)[C@@H]1CSC(c2ccccc2)=N1. The summed E-state index contributed by atoms with van der Waals surface area (Å²) in [6, 6.07) is 9.85. The van der Waals surface area contributed by atoms with Crippen LogP contribution in [-0.4, -0.2) is 29.3 Å². The maximum atomic E-state index is 12.0. The van der Waals surface area contributed by atoms with E-state index in [-0.39, 0.29) is 11.9 Å². The van der Waals surface area contributed by atoms with E-state index in [0.717, 1.165) is 29.3 Å². The van der Waals surface area contributed by atoms with E-state index >= 15 is 0 Å². The number of rotatable bonds is 7. The van der Waals surface area contributed by atoms with Crippen LogP contribution in [0.1, 0.15) is 38.2 Å². The van der Waals surface area contributed by atoms with Crippen LogP contribution in [0.4, 0.5) is 0 Å². The summed E-state index contributed by atoms with van der Waals surface area (Å²) in [5, 5.41) is 3.98. The number of nitrogens with one attached hydrogen (secondary N) is 1. The van der Waals surface area contributed by atoms with Crippen molar-refractivity contribution in [2.75, 3.05) is 12.3 Å². The van der Waals surface area contributed by atoms with E-state index in [1.807, 2.05) is 30.3 Å². The normalized spacial score (nSPS) is 17.9. The maximum Gasteiger partial charge on any atom is 0.245 e. The van der Waals surface area contributed by atoms with Crippen molar-refractivity contribution in [1.29, 1.82) is 0 Å². The molecule has 0 saturated heterocycles. The van der Waals surface area contributed by atoms with E-state index in [4.69, 9.17) is 0 Å². The highest BCUT2D eigenvalue weighted by molar-refractivity contribution is 8.14. The van der Waals surface area contributed by atoms with E-state index in [1.54, 1.807) is 11.8 Å². The van der Waals surface area contributed by atoms with Crippen LogP contribution in [-0.2, 0) is 4.79 Å². The average molecular weight is 290 g/mol. The number of carbonyl (C=O) groups is 1. The fourth-order valence-electron chi connectivity index (χ4n) is 2.13. The zero-order valence-electron chi connectivity index (χ0n) is 12.0. The van der Waals surface area contributed by atoms with Gasteiger partial charge in [-0.3, -0.25) is 9.79 Å². The van der Waals surface area contributed by atoms with Crippen LogP contribution in [0.25, 0.3) is 0 Å². The lowest BCUT2D eigenvalue weighted by atomic mass is 10.2. The molecule has 0 unspecified atom stereocenters. The minimum atomic E-state index is -0.221. The van der Waals surface area contributed by atoms with Gasteiger partial charge in [0.15, 0.2) is 0 Å². The van der Waals surface area contributed by atoms with Crippen molar-refractivity contribution in [3.05, 3.63) is 35.9 Å². The van der Waals surface area contributed by atoms with Crippen molar-refractivity contribution >= 4 is 22.7 Å². The second kappa shape index (κ2) is 8.10. The lowest BCUT2D eigenvalue weighted by Gasteiger charge is -2.07. The molecule has 20 heavy (non-hydrogen) atoms. The minimum absolute atomic E-state index is 0.0694. The Morgan fingerprint density at radius 2 is 2.10 bits per heavy atom. The monoisotopic (exact) mass is 290 g/mol. The number of carbonyl (C=O) groups excluding carboxylic acids is 1. The topological polar surface area (TPSA) is 41.5 Å². The van der Waals surface area contributed by atoms with Crippen LogP contribution in [0.2, 0.25) is 0 Å². The molecule has 0 saturated carbocycles. The largest absolute Gasteiger partial charge is 0.354 e.